The van der Waals surface area contributed by atoms with Crippen molar-refractivity contribution in [2.24, 2.45) is 0 Å². The van der Waals surface area contributed by atoms with Crippen LogP contribution < -0.4 is 15.4 Å². The summed E-state index contributed by atoms with van der Waals surface area (Å²) in [7, 11) is -0.102. The minimum Gasteiger partial charge on any atom is -0.444 e. The Labute approximate surface area is 177 Å². The van der Waals surface area contributed by atoms with E-state index in [0.717, 1.165) is 0 Å². The molecule has 0 saturated carbocycles. The molecular formula is C18H31N4O5PS. The van der Waals surface area contributed by atoms with Crippen LogP contribution in [0, 0.1) is 0 Å². The quantitative estimate of drug-likeness (QED) is 0.385. The Kier molecular flexibility index (Phi) is 8.58. The first-order valence-corrected chi connectivity index (χ1v) is 13.0. The molecule has 0 aromatic rings. The van der Waals surface area contributed by atoms with Gasteiger partial charge in [-0.25, -0.2) is 4.79 Å². The molecule has 164 valence electrons. The van der Waals surface area contributed by atoms with Gasteiger partial charge in [-0.2, -0.15) is 0 Å². The Balaban J connectivity index is 1.84. The van der Waals surface area contributed by atoms with Gasteiger partial charge in [-0.15, -0.1) is 0 Å². The van der Waals surface area contributed by atoms with E-state index >= 15 is 0 Å². The molecule has 0 aliphatic carbocycles. The number of alkyl carbamates (subject to hydrolysis) is 1. The van der Waals surface area contributed by atoms with Crippen molar-refractivity contribution in [1.82, 2.24) is 20.3 Å². The Bertz CT molecular complexity index is 638. The molecule has 0 aromatic carbocycles. The standard InChI is InChI=1S/C18H31N4O5PS/c1-5-12(15(24)21-29-28-9-10-28)20-16(25)13-7-6-8-22(13)14(23)11-19-17(26)27-18(2,3)4/h12-13H,5-11H2,1-4H3,(H,19,26)(H,20,25)(H,21,24). The maximum atomic E-state index is 12.7. The fourth-order valence-electron chi connectivity index (χ4n) is 2.84. The summed E-state index contributed by atoms with van der Waals surface area (Å²) in [6.07, 6.45) is 3.35. The van der Waals surface area contributed by atoms with E-state index in [9.17, 15) is 19.2 Å². The molecule has 0 spiro atoms. The van der Waals surface area contributed by atoms with Gasteiger partial charge in [-0.3, -0.25) is 19.1 Å². The van der Waals surface area contributed by atoms with Gasteiger partial charge in [0.2, 0.25) is 11.8 Å². The summed E-state index contributed by atoms with van der Waals surface area (Å²) in [5.41, 5.74) is -0.655. The largest absolute Gasteiger partial charge is 0.444 e. The predicted molar refractivity (Wildman–Crippen MR) is 114 cm³/mol. The molecule has 2 rings (SSSR count). The van der Waals surface area contributed by atoms with E-state index in [0.29, 0.717) is 25.8 Å². The minimum absolute atomic E-state index is 0.102. The molecule has 29 heavy (non-hydrogen) atoms. The van der Waals surface area contributed by atoms with E-state index < -0.39 is 23.8 Å². The lowest BCUT2D eigenvalue weighted by molar-refractivity contribution is -0.138. The number of nitrogens with zero attached hydrogens (tertiary/aromatic N) is 1. The van der Waals surface area contributed by atoms with Gasteiger partial charge in [0.1, 0.15) is 24.2 Å². The summed E-state index contributed by atoms with van der Waals surface area (Å²) in [5, 5.41) is 5.20. The van der Waals surface area contributed by atoms with E-state index in [2.05, 4.69) is 15.4 Å². The lowest BCUT2D eigenvalue weighted by atomic mass is 10.1. The van der Waals surface area contributed by atoms with Crippen LogP contribution in [0.3, 0.4) is 0 Å². The highest BCUT2D eigenvalue weighted by Crippen LogP contribution is 2.60. The van der Waals surface area contributed by atoms with Crippen molar-refractivity contribution in [2.75, 3.05) is 25.4 Å². The number of ether oxygens (including phenoxy) is 1. The smallest absolute Gasteiger partial charge is 0.408 e. The summed E-state index contributed by atoms with van der Waals surface area (Å²) < 4.78 is 7.94. The van der Waals surface area contributed by atoms with Gasteiger partial charge in [0, 0.05) is 6.54 Å². The molecule has 4 amide bonds. The van der Waals surface area contributed by atoms with E-state index in [1.165, 1.54) is 28.8 Å². The number of carbonyl (C=O) groups excluding carboxylic acids is 4. The van der Waals surface area contributed by atoms with E-state index in [4.69, 9.17) is 4.74 Å². The van der Waals surface area contributed by atoms with Crippen LogP contribution in [0.2, 0.25) is 0 Å². The average Bonchev–Trinajstić information content (AvgIpc) is 3.34. The van der Waals surface area contributed by atoms with Crippen molar-refractivity contribution in [3.63, 3.8) is 0 Å². The molecule has 0 bridgehead atoms. The monoisotopic (exact) mass is 446 g/mol. The number of rotatable bonds is 8. The molecule has 11 heteroatoms. The number of hydrogen-bond acceptors (Lipinski definition) is 6. The van der Waals surface area contributed by atoms with Crippen LogP contribution in [0.5, 0.6) is 0 Å². The highest BCUT2D eigenvalue weighted by atomic mass is 32.7. The van der Waals surface area contributed by atoms with Crippen molar-refractivity contribution < 1.29 is 23.9 Å². The second-order valence-electron chi connectivity index (χ2n) is 8.06. The van der Waals surface area contributed by atoms with E-state index in [-0.39, 0.29) is 31.4 Å². The number of amides is 4. The first-order chi connectivity index (χ1) is 13.6. The molecule has 3 N–H and O–H groups in total. The summed E-state index contributed by atoms with van der Waals surface area (Å²) in [6.45, 7) is 7.24. The minimum atomic E-state index is -0.677. The molecule has 0 aromatic heterocycles. The van der Waals surface area contributed by atoms with Gasteiger partial charge >= 0.3 is 6.09 Å². The van der Waals surface area contributed by atoms with Gasteiger partial charge < -0.3 is 20.3 Å². The Hall–Kier alpha value is -1.54. The lowest BCUT2D eigenvalue weighted by Crippen LogP contribution is -2.53. The van der Waals surface area contributed by atoms with Crippen LogP contribution in [0.1, 0.15) is 47.0 Å². The normalized spacial score (nSPS) is 20.0. The van der Waals surface area contributed by atoms with Crippen LogP contribution in [0.25, 0.3) is 0 Å². The third kappa shape index (κ3) is 8.01. The molecule has 0 radical (unpaired) electrons. The fraction of sp³-hybridized carbons (Fsp3) is 0.778. The Morgan fingerprint density at radius 2 is 1.93 bits per heavy atom. The molecule has 2 fully saturated rings. The molecule has 2 atom stereocenters. The van der Waals surface area contributed by atoms with Crippen molar-refractivity contribution >= 4 is 42.5 Å². The first-order valence-electron chi connectivity index (χ1n) is 9.89. The van der Waals surface area contributed by atoms with Crippen LogP contribution in [-0.4, -0.2) is 71.8 Å². The molecule has 2 heterocycles. The van der Waals surface area contributed by atoms with Crippen molar-refractivity contribution in [3.8, 4) is 0 Å². The van der Waals surface area contributed by atoms with Gasteiger partial charge in [0.25, 0.3) is 5.91 Å². The van der Waals surface area contributed by atoms with Crippen LogP contribution >= 0.6 is 18.7 Å². The third-order valence-electron chi connectivity index (χ3n) is 4.38. The Morgan fingerprint density at radius 1 is 1.24 bits per heavy atom. The van der Waals surface area contributed by atoms with Crippen molar-refractivity contribution in [2.45, 2.75) is 64.6 Å². The second-order valence-corrected chi connectivity index (χ2v) is 12.4. The number of likely N-dealkylation sites (tertiary alicyclic amines) is 1. The maximum Gasteiger partial charge on any atom is 0.408 e. The van der Waals surface area contributed by atoms with Gasteiger partial charge in [-0.1, -0.05) is 6.92 Å². The van der Waals surface area contributed by atoms with Gasteiger partial charge in [0.05, 0.1) is 0 Å². The molecule has 2 saturated heterocycles. The molecule has 2 aliphatic heterocycles. The topological polar surface area (TPSA) is 117 Å². The van der Waals surface area contributed by atoms with E-state index in [1.807, 2.05) is 6.92 Å². The highest BCUT2D eigenvalue weighted by Gasteiger charge is 2.36. The molecular weight excluding hydrogens is 415 g/mol. The lowest BCUT2D eigenvalue weighted by Gasteiger charge is -2.26. The van der Waals surface area contributed by atoms with Crippen LogP contribution in [-0.2, 0) is 19.1 Å². The first kappa shape index (κ1) is 23.7. The molecule has 9 nitrogen and oxygen atoms in total. The van der Waals surface area contributed by atoms with Crippen LogP contribution in [0.4, 0.5) is 4.79 Å². The van der Waals surface area contributed by atoms with Crippen molar-refractivity contribution in [1.29, 1.82) is 0 Å². The van der Waals surface area contributed by atoms with Crippen LogP contribution in [0.15, 0.2) is 0 Å². The van der Waals surface area contributed by atoms with E-state index in [1.54, 1.807) is 20.8 Å². The van der Waals surface area contributed by atoms with Crippen molar-refractivity contribution in [3.05, 3.63) is 0 Å². The highest BCUT2D eigenvalue weighted by molar-refractivity contribution is 8.57. The van der Waals surface area contributed by atoms with Gasteiger partial charge in [0.15, 0.2) is 0 Å². The second kappa shape index (κ2) is 10.5. The zero-order valence-electron chi connectivity index (χ0n) is 17.4. The molecule has 2 unspecified atom stereocenters. The number of hydrogen-bond donors (Lipinski definition) is 3. The SMILES string of the molecule is CCC(NC(=O)C1CCCN1C(=O)CNC(=O)OC(C)(C)C)C(=O)NSP1CC1. The zero-order valence-corrected chi connectivity index (χ0v) is 19.2. The summed E-state index contributed by atoms with van der Waals surface area (Å²) in [5.74, 6) is -0.891. The summed E-state index contributed by atoms with van der Waals surface area (Å²) in [6, 6.07) is -1.26. The van der Waals surface area contributed by atoms with Gasteiger partial charge in [-0.05, 0) is 71.0 Å². The zero-order chi connectivity index (χ0) is 21.6. The Morgan fingerprint density at radius 3 is 2.52 bits per heavy atom. The maximum absolute atomic E-state index is 12.7. The average molecular weight is 447 g/mol. The fourth-order valence-corrected chi connectivity index (χ4v) is 5.65. The number of nitrogens with one attached hydrogen (secondary N) is 3. The third-order valence-corrected chi connectivity index (χ3v) is 7.89. The number of carbonyl (C=O) groups is 4. The predicted octanol–water partition coefficient (Wildman–Crippen LogP) is 1.57. The summed E-state index contributed by atoms with van der Waals surface area (Å²) in [4.78, 5) is 50.7. The molecule has 2 aliphatic rings. The summed E-state index contributed by atoms with van der Waals surface area (Å²) >= 11 is 1.47.